The van der Waals surface area contributed by atoms with Crippen LogP contribution in [0.3, 0.4) is 0 Å². The van der Waals surface area contributed by atoms with Gasteiger partial charge in [0.25, 0.3) is 20.0 Å². The molecule has 0 heterocycles. The van der Waals surface area contributed by atoms with Gasteiger partial charge in [-0.2, -0.15) is 36.4 Å². The van der Waals surface area contributed by atoms with Crippen molar-refractivity contribution in [3.8, 4) is 0 Å². The van der Waals surface area contributed by atoms with E-state index in [-0.39, 0.29) is 67.8 Å². The summed E-state index contributed by atoms with van der Waals surface area (Å²) < 4.78 is 108. The van der Waals surface area contributed by atoms with Crippen LogP contribution in [0, 0.1) is 61.1 Å². The molecule has 0 aliphatic rings. The third-order valence-electron chi connectivity index (χ3n) is 7.61. The first kappa shape index (κ1) is 48.7. The molecular weight excluding hydrogens is 808 g/mol. The topological polar surface area (TPSA) is 74.8 Å². The van der Waals surface area contributed by atoms with Crippen LogP contribution in [0.15, 0.2) is 143 Å². The summed E-state index contributed by atoms with van der Waals surface area (Å²) in [6, 6.07) is 40.6. The Morgan fingerprint density at radius 1 is 0.526 bits per heavy atom. The van der Waals surface area contributed by atoms with Crippen LogP contribution >= 0.6 is 0 Å². The van der Waals surface area contributed by atoms with E-state index in [2.05, 4.69) is 0 Å². The van der Waals surface area contributed by atoms with E-state index in [1.165, 1.54) is 24.3 Å². The summed E-state index contributed by atoms with van der Waals surface area (Å²) in [5.74, 6) is -3.88. The predicted molar refractivity (Wildman–Crippen MR) is 216 cm³/mol. The number of sulfonamides is 2. The molecule has 300 valence electrons. The Kier molecular flexibility index (Phi) is 19.7. The summed E-state index contributed by atoms with van der Waals surface area (Å²) in [7, 11) is -7.90. The van der Waals surface area contributed by atoms with Crippen LogP contribution in [-0.4, -0.2) is 29.9 Å². The summed E-state index contributed by atoms with van der Waals surface area (Å²) in [4.78, 5) is 0.125. The van der Waals surface area contributed by atoms with Gasteiger partial charge in [0.15, 0.2) is 0 Å². The molecule has 6 rings (SSSR count). The van der Waals surface area contributed by atoms with Crippen LogP contribution < -0.4 is 8.61 Å². The maximum Gasteiger partial charge on any atom is 4.00 e. The minimum Gasteiger partial charge on any atom is -0.316 e. The van der Waals surface area contributed by atoms with Crippen LogP contribution in [0.4, 0.5) is 28.9 Å². The fourth-order valence-electron chi connectivity index (χ4n) is 4.89. The Bertz CT molecular complexity index is 2070. The molecular formula is C44H46F4N2O4S2Ti. The molecule has 0 unspecified atom stereocenters. The van der Waals surface area contributed by atoms with Gasteiger partial charge in [0.1, 0.15) is 0 Å². The van der Waals surface area contributed by atoms with Crippen molar-refractivity contribution in [2.45, 2.75) is 51.3 Å². The quantitative estimate of drug-likeness (QED) is 0.0782. The number of rotatable bonds is 10. The average molecular weight is 855 g/mol. The first-order valence-corrected chi connectivity index (χ1v) is 20.6. The van der Waals surface area contributed by atoms with Gasteiger partial charge in [-0.1, -0.05) is 63.1 Å². The molecule has 0 aliphatic carbocycles. The van der Waals surface area contributed by atoms with E-state index < -0.39 is 43.3 Å². The van der Waals surface area contributed by atoms with Crippen LogP contribution in [0.25, 0.3) is 0 Å². The second kappa shape index (κ2) is 23.1. The Morgan fingerprint density at radius 2 is 0.825 bits per heavy atom. The molecule has 0 amide bonds. The Labute approximate surface area is 350 Å². The second-order valence-corrected chi connectivity index (χ2v) is 17.1. The predicted octanol–water partition coefficient (Wildman–Crippen LogP) is 10.7. The zero-order valence-electron chi connectivity index (χ0n) is 32.6. The number of hydrogen-bond donors (Lipinski definition) is 0. The Balaban J connectivity index is 0.000000310. The third-order valence-corrected chi connectivity index (χ3v) is 11.2. The summed E-state index contributed by atoms with van der Waals surface area (Å²) in [5, 5.41) is 0. The average Bonchev–Trinajstić information content (AvgIpc) is 3.92. The molecule has 0 spiro atoms. The Hall–Kier alpha value is -4.49. The number of halogens is 4. The maximum atomic E-state index is 14.1. The number of aryl methyl sites for hydroxylation is 2. The molecule has 0 radical (unpaired) electrons. The fraction of sp³-hybridized carbons (Fsp3) is 0.227. The molecule has 6 aromatic carbocycles. The van der Waals surface area contributed by atoms with E-state index >= 15 is 0 Å². The number of nitrogens with zero attached hydrogens (tertiary/aromatic N) is 2. The van der Waals surface area contributed by atoms with E-state index in [0.717, 1.165) is 44.0 Å². The molecule has 0 saturated carbocycles. The number of anilines is 2. The first-order chi connectivity index (χ1) is 26.4. The minimum atomic E-state index is -3.95. The van der Waals surface area contributed by atoms with Gasteiger partial charge in [0.2, 0.25) is 0 Å². The molecule has 0 aliphatic heterocycles. The van der Waals surface area contributed by atoms with E-state index in [9.17, 15) is 34.4 Å². The van der Waals surface area contributed by atoms with Crippen molar-refractivity contribution in [3.63, 3.8) is 0 Å². The molecule has 0 atom stereocenters. The van der Waals surface area contributed by atoms with Crippen LogP contribution in [-0.2, 0) is 41.8 Å². The molecule has 6 aromatic rings. The number of benzene rings is 4. The largest absolute Gasteiger partial charge is 4.00 e. The molecule has 13 heteroatoms. The van der Waals surface area contributed by atoms with Crippen molar-refractivity contribution in [2.75, 3.05) is 21.7 Å². The van der Waals surface area contributed by atoms with Crippen molar-refractivity contribution < 1.29 is 56.1 Å². The normalized spacial score (nSPS) is 10.9. The van der Waals surface area contributed by atoms with Crippen LogP contribution in [0.1, 0.15) is 38.8 Å². The molecule has 0 fully saturated rings. The monoisotopic (exact) mass is 854 g/mol. The third kappa shape index (κ3) is 15.1. The second-order valence-electron chi connectivity index (χ2n) is 13.4. The zero-order valence-corrected chi connectivity index (χ0v) is 35.8. The smallest absolute Gasteiger partial charge is 0.316 e. The summed E-state index contributed by atoms with van der Waals surface area (Å²) in [6.07, 6.45) is 0. The minimum absolute atomic E-state index is 0. The SMILES string of the molecule is Cc1ccc(S(=O)(=O)N(CC(C)C)c2ccc(F)[c-]c2F)cc1.Cc1ccc(S(=O)(=O)N(CC(C)C)c2ccc(F)[c-]c2F)cc1.[Ti+4].c1cc[cH-]c1.c1cc[cH-]c1. The standard InChI is InChI=1S/2C17H18F2NO2S.2C5H5.Ti/c2*1-12(2)11-20(17-9-6-14(18)10-16(17)19)23(21,22)15-7-4-13(3)5-8-15;2*1-2-4-5-3-1;/h2*4-9,12H,11H2,1-3H3;2*1-5H;/q4*-1;+4. The van der Waals surface area contributed by atoms with E-state index in [0.29, 0.717) is 0 Å². The van der Waals surface area contributed by atoms with E-state index in [4.69, 9.17) is 0 Å². The van der Waals surface area contributed by atoms with Gasteiger partial charge in [0.05, 0.1) is 9.79 Å². The molecule has 6 nitrogen and oxygen atoms in total. The Morgan fingerprint density at radius 3 is 1.05 bits per heavy atom. The number of hydrogen-bond acceptors (Lipinski definition) is 4. The van der Waals surface area contributed by atoms with Gasteiger partial charge in [-0.3, -0.25) is 0 Å². The maximum absolute atomic E-state index is 14.1. The van der Waals surface area contributed by atoms with Gasteiger partial charge >= 0.3 is 21.7 Å². The molecule has 0 saturated heterocycles. The van der Waals surface area contributed by atoms with Gasteiger partial charge in [-0.15, -0.1) is 36.4 Å². The molecule has 57 heavy (non-hydrogen) atoms. The van der Waals surface area contributed by atoms with Crippen LogP contribution in [0.2, 0.25) is 0 Å². The van der Waals surface area contributed by atoms with Gasteiger partial charge < -0.3 is 8.61 Å². The summed E-state index contributed by atoms with van der Waals surface area (Å²) in [5.41, 5.74) is 1.42. The first-order valence-electron chi connectivity index (χ1n) is 17.7. The molecule has 0 aromatic heterocycles. The van der Waals surface area contributed by atoms with Crippen molar-refractivity contribution in [2.24, 2.45) is 11.8 Å². The summed E-state index contributed by atoms with van der Waals surface area (Å²) in [6.45, 7) is 11.1. The van der Waals surface area contributed by atoms with Crippen molar-refractivity contribution in [1.29, 1.82) is 0 Å². The van der Waals surface area contributed by atoms with Gasteiger partial charge in [0, 0.05) is 36.4 Å². The van der Waals surface area contributed by atoms with Crippen molar-refractivity contribution in [3.05, 3.63) is 180 Å². The van der Waals surface area contributed by atoms with Crippen molar-refractivity contribution in [1.82, 2.24) is 0 Å². The zero-order chi connectivity index (χ0) is 41.5. The van der Waals surface area contributed by atoms with Crippen molar-refractivity contribution >= 4 is 31.4 Å². The fourth-order valence-corrected chi connectivity index (χ4v) is 8.15. The molecule has 0 bridgehead atoms. The van der Waals surface area contributed by atoms with Gasteiger partial charge in [-0.25, -0.2) is 58.7 Å². The van der Waals surface area contributed by atoms with E-state index in [1.54, 1.807) is 24.3 Å². The van der Waals surface area contributed by atoms with Gasteiger partial charge in [-0.05, 0) is 61.3 Å². The summed E-state index contributed by atoms with van der Waals surface area (Å²) >= 11 is 0. The molecule has 0 N–H and O–H groups in total. The van der Waals surface area contributed by atoms with Crippen LogP contribution in [0.5, 0.6) is 0 Å². The van der Waals surface area contributed by atoms with E-state index in [1.807, 2.05) is 114 Å².